The van der Waals surface area contributed by atoms with Crippen LogP contribution in [0.5, 0.6) is 5.75 Å². The molecule has 0 spiro atoms. The van der Waals surface area contributed by atoms with Gasteiger partial charge in [0.15, 0.2) is 0 Å². The van der Waals surface area contributed by atoms with Gasteiger partial charge >= 0.3 is 0 Å². The van der Waals surface area contributed by atoms with E-state index in [1.165, 1.54) is 22.9 Å². The number of benzene rings is 2. The predicted molar refractivity (Wildman–Crippen MR) is 93.0 cm³/mol. The summed E-state index contributed by atoms with van der Waals surface area (Å²) < 4.78 is 5.60. The van der Waals surface area contributed by atoms with Crippen LogP contribution in [-0.2, 0) is 0 Å². The largest absolute Gasteiger partial charge is 0.493 e. The Labute approximate surface area is 136 Å². The Kier molecular flexibility index (Phi) is 5.68. The predicted octanol–water partition coefficient (Wildman–Crippen LogP) is 5.36. The van der Waals surface area contributed by atoms with Gasteiger partial charge in [0, 0.05) is 10.5 Å². The van der Waals surface area contributed by atoms with Crippen molar-refractivity contribution in [3.63, 3.8) is 0 Å². The molecule has 0 N–H and O–H groups in total. The van der Waals surface area contributed by atoms with E-state index < -0.39 is 0 Å². The van der Waals surface area contributed by atoms with Crippen LogP contribution in [0.4, 0.5) is 0 Å². The number of rotatable bonds is 5. The van der Waals surface area contributed by atoms with E-state index in [0.717, 1.165) is 16.2 Å². The van der Waals surface area contributed by atoms with Gasteiger partial charge in [-0.25, -0.2) is 0 Å². The van der Waals surface area contributed by atoms with E-state index in [9.17, 15) is 5.26 Å². The second-order valence-electron chi connectivity index (χ2n) is 4.94. The number of hydrogen-bond acceptors (Lipinski definition) is 3. The highest BCUT2D eigenvalue weighted by atomic mass is 32.2. The maximum absolute atomic E-state index is 9.41. The first-order chi connectivity index (χ1) is 10.6. The van der Waals surface area contributed by atoms with Crippen LogP contribution in [-0.4, -0.2) is 6.61 Å². The zero-order valence-electron chi connectivity index (χ0n) is 13.1. The molecule has 2 aromatic rings. The molecule has 2 nitrogen and oxygen atoms in total. The summed E-state index contributed by atoms with van der Waals surface area (Å²) in [5, 5.41) is 9.41. The third-order valence-electron chi connectivity index (χ3n) is 3.32. The lowest BCUT2D eigenvalue weighted by Gasteiger charge is -2.08. The second-order valence-corrected chi connectivity index (χ2v) is 6.05. The number of hydrogen-bond donors (Lipinski definition) is 0. The number of allylic oxidation sites excluding steroid dienone is 1. The molecule has 0 radical (unpaired) electrons. The van der Waals surface area contributed by atoms with Crippen LogP contribution in [0, 0.1) is 25.2 Å². The van der Waals surface area contributed by atoms with Gasteiger partial charge in [-0.15, -0.1) is 0 Å². The molecule has 0 amide bonds. The zero-order valence-corrected chi connectivity index (χ0v) is 13.9. The first-order valence-electron chi connectivity index (χ1n) is 7.22. The average Bonchev–Trinajstić information content (AvgIpc) is 2.52. The first kappa shape index (κ1) is 16.2. The van der Waals surface area contributed by atoms with Crippen LogP contribution >= 0.6 is 11.8 Å². The molecule has 0 fully saturated rings. The van der Waals surface area contributed by atoms with E-state index in [0.29, 0.717) is 11.5 Å². The molecule has 0 aromatic heterocycles. The van der Waals surface area contributed by atoms with Crippen molar-refractivity contribution < 1.29 is 4.74 Å². The molecule has 2 rings (SSSR count). The lowest BCUT2D eigenvalue weighted by molar-refractivity contribution is 0.339. The standard InChI is InChI=1S/C19H19NOS/c1-4-21-19-8-6-5-7-16(19)12-18(13-20)22-17-10-9-14(2)15(3)11-17/h5-12H,4H2,1-3H3. The Hall–Kier alpha value is -2.18. The molecule has 2 aromatic carbocycles. The molecule has 0 heterocycles. The molecule has 22 heavy (non-hydrogen) atoms. The Bertz CT molecular complexity index is 728. The van der Waals surface area contributed by atoms with E-state index in [2.05, 4.69) is 32.0 Å². The summed E-state index contributed by atoms with van der Waals surface area (Å²) >= 11 is 1.48. The molecule has 3 heteroatoms. The summed E-state index contributed by atoms with van der Waals surface area (Å²) in [5.41, 5.74) is 3.42. The SMILES string of the molecule is CCOc1ccccc1C=C(C#N)Sc1ccc(C)c(C)c1. The third-order valence-corrected chi connectivity index (χ3v) is 4.24. The van der Waals surface area contributed by atoms with Crippen molar-refractivity contribution >= 4 is 17.8 Å². The van der Waals surface area contributed by atoms with E-state index >= 15 is 0 Å². The molecular formula is C19H19NOS. The average molecular weight is 309 g/mol. The van der Waals surface area contributed by atoms with Crippen molar-refractivity contribution in [1.29, 1.82) is 5.26 Å². The number of ether oxygens (including phenoxy) is 1. The monoisotopic (exact) mass is 309 g/mol. The third kappa shape index (κ3) is 4.16. The number of nitriles is 1. The fourth-order valence-electron chi connectivity index (χ4n) is 2.02. The summed E-state index contributed by atoms with van der Waals surface area (Å²) in [4.78, 5) is 1.72. The van der Waals surface area contributed by atoms with Gasteiger partial charge in [-0.3, -0.25) is 0 Å². The van der Waals surface area contributed by atoms with Gasteiger partial charge in [0.05, 0.1) is 11.5 Å². The molecule has 0 aliphatic carbocycles. The maximum Gasteiger partial charge on any atom is 0.126 e. The Morgan fingerprint density at radius 1 is 1.18 bits per heavy atom. The molecule has 0 unspecified atom stereocenters. The van der Waals surface area contributed by atoms with Crippen LogP contribution in [0.25, 0.3) is 6.08 Å². The normalized spacial score (nSPS) is 11.1. The highest BCUT2D eigenvalue weighted by Gasteiger charge is 2.05. The van der Waals surface area contributed by atoms with Gasteiger partial charge in [-0.05, 0) is 56.2 Å². The smallest absolute Gasteiger partial charge is 0.126 e. The van der Waals surface area contributed by atoms with Crippen LogP contribution in [0.1, 0.15) is 23.6 Å². The summed E-state index contributed by atoms with van der Waals surface area (Å²) in [6.45, 7) is 6.73. The van der Waals surface area contributed by atoms with Crippen molar-refractivity contribution in [1.82, 2.24) is 0 Å². The van der Waals surface area contributed by atoms with Crippen LogP contribution in [0.3, 0.4) is 0 Å². The Morgan fingerprint density at radius 3 is 2.64 bits per heavy atom. The number of nitrogens with zero attached hydrogens (tertiary/aromatic N) is 1. The minimum Gasteiger partial charge on any atom is -0.493 e. The van der Waals surface area contributed by atoms with E-state index in [-0.39, 0.29) is 0 Å². The van der Waals surface area contributed by atoms with Crippen LogP contribution in [0.2, 0.25) is 0 Å². The van der Waals surface area contributed by atoms with E-state index in [1.807, 2.05) is 43.3 Å². The number of para-hydroxylation sites is 1. The molecule has 0 saturated carbocycles. The maximum atomic E-state index is 9.41. The quantitative estimate of drug-likeness (QED) is 0.550. The molecule has 0 aliphatic rings. The van der Waals surface area contributed by atoms with E-state index in [1.54, 1.807) is 0 Å². The van der Waals surface area contributed by atoms with Gasteiger partial charge in [0.1, 0.15) is 11.8 Å². The van der Waals surface area contributed by atoms with Crippen LogP contribution in [0.15, 0.2) is 52.3 Å². The summed E-state index contributed by atoms with van der Waals surface area (Å²) in [6.07, 6.45) is 1.88. The van der Waals surface area contributed by atoms with Crippen LogP contribution < -0.4 is 4.74 Å². The minimum atomic E-state index is 0.608. The molecule has 112 valence electrons. The minimum absolute atomic E-state index is 0.608. The van der Waals surface area contributed by atoms with Crippen molar-refractivity contribution in [2.75, 3.05) is 6.61 Å². The lowest BCUT2D eigenvalue weighted by atomic mass is 10.1. The van der Waals surface area contributed by atoms with Gasteiger partial charge in [-0.1, -0.05) is 36.0 Å². The topological polar surface area (TPSA) is 33.0 Å². The van der Waals surface area contributed by atoms with Crippen molar-refractivity contribution in [3.05, 3.63) is 64.1 Å². The molecule has 0 bridgehead atoms. The highest BCUT2D eigenvalue weighted by Crippen LogP contribution is 2.31. The van der Waals surface area contributed by atoms with Crippen molar-refractivity contribution in [3.8, 4) is 11.8 Å². The number of aryl methyl sites for hydroxylation is 2. The first-order valence-corrected chi connectivity index (χ1v) is 8.04. The van der Waals surface area contributed by atoms with Crippen molar-refractivity contribution in [2.45, 2.75) is 25.7 Å². The Morgan fingerprint density at radius 2 is 1.95 bits per heavy atom. The molecular weight excluding hydrogens is 290 g/mol. The van der Waals surface area contributed by atoms with Gasteiger partial charge < -0.3 is 4.74 Å². The van der Waals surface area contributed by atoms with Gasteiger partial charge in [0.2, 0.25) is 0 Å². The molecule has 0 atom stereocenters. The lowest BCUT2D eigenvalue weighted by Crippen LogP contribution is -1.93. The summed E-state index contributed by atoms with van der Waals surface area (Å²) in [5.74, 6) is 0.804. The highest BCUT2D eigenvalue weighted by molar-refractivity contribution is 8.03. The zero-order chi connectivity index (χ0) is 15.9. The van der Waals surface area contributed by atoms with Gasteiger partial charge in [-0.2, -0.15) is 5.26 Å². The second kappa shape index (κ2) is 7.72. The fourth-order valence-corrected chi connectivity index (χ4v) is 2.87. The number of thioether (sulfide) groups is 1. The Balaban J connectivity index is 2.28. The van der Waals surface area contributed by atoms with Crippen molar-refractivity contribution in [2.24, 2.45) is 0 Å². The molecule has 0 aliphatic heterocycles. The summed E-state index contributed by atoms with van der Waals surface area (Å²) in [6, 6.07) is 16.3. The fraction of sp³-hybridized carbons (Fsp3) is 0.211. The molecule has 0 saturated heterocycles. The summed E-state index contributed by atoms with van der Waals surface area (Å²) in [7, 11) is 0. The van der Waals surface area contributed by atoms with Gasteiger partial charge in [0.25, 0.3) is 0 Å². The van der Waals surface area contributed by atoms with E-state index in [4.69, 9.17) is 4.74 Å².